The molecule has 2 bridgehead atoms. The summed E-state index contributed by atoms with van der Waals surface area (Å²) in [7, 11) is 0. The summed E-state index contributed by atoms with van der Waals surface area (Å²) >= 11 is 0. The van der Waals surface area contributed by atoms with E-state index in [-0.39, 0.29) is 5.60 Å². The molecule has 1 saturated heterocycles. The second-order valence-electron chi connectivity index (χ2n) is 4.09. The van der Waals surface area contributed by atoms with Crippen molar-refractivity contribution in [3.05, 3.63) is 12.2 Å². The van der Waals surface area contributed by atoms with Gasteiger partial charge in [0.05, 0.1) is 12.2 Å². The molecule has 1 fully saturated rings. The number of hydrogen-bond acceptors (Lipinski definition) is 1. The largest absolute Gasteiger partial charge is 0.370 e. The maximum atomic E-state index is 5.68. The molecule has 2 atom stereocenters. The number of fused-ring (bicyclic) bond motifs is 2. The molecule has 0 spiro atoms. The van der Waals surface area contributed by atoms with Gasteiger partial charge in [-0.3, -0.25) is 0 Å². The van der Waals surface area contributed by atoms with Crippen molar-refractivity contribution < 1.29 is 4.74 Å². The van der Waals surface area contributed by atoms with Gasteiger partial charge in [0.1, 0.15) is 0 Å². The lowest BCUT2D eigenvalue weighted by Gasteiger charge is -2.45. The third-order valence-corrected chi connectivity index (χ3v) is 2.76. The van der Waals surface area contributed by atoms with E-state index in [1.165, 1.54) is 12.8 Å². The van der Waals surface area contributed by atoms with Crippen LogP contribution in [0, 0.1) is 5.41 Å². The molecule has 0 amide bonds. The summed E-state index contributed by atoms with van der Waals surface area (Å²) in [4.78, 5) is 0. The quantitative estimate of drug-likeness (QED) is 0.466. The zero-order valence-corrected chi connectivity index (χ0v) is 6.68. The van der Waals surface area contributed by atoms with Gasteiger partial charge in [-0.1, -0.05) is 19.1 Å². The Kier molecular flexibility index (Phi) is 1.06. The fourth-order valence-corrected chi connectivity index (χ4v) is 1.65. The van der Waals surface area contributed by atoms with Crippen molar-refractivity contribution in [1.29, 1.82) is 0 Å². The van der Waals surface area contributed by atoms with Gasteiger partial charge in [-0.25, -0.2) is 0 Å². The minimum Gasteiger partial charge on any atom is -0.370 e. The third kappa shape index (κ3) is 0.807. The summed E-state index contributed by atoms with van der Waals surface area (Å²) in [5, 5.41) is 0. The van der Waals surface area contributed by atoms with Crippen molar-refractivity contribution in [1.82, 2.24) is 0 Å². The Balaban J connectivity index is 2.33. The average molecular weight is 138 g/mol. The van der Waals surface area contributed by atoms with Crippen LogP contribution in [-0.2, 0) is 4.74 Å². The smallest absolute Gasteiger partial charge is 0.0835 e. The Morgan fingerprint density at radius 1 is 1.20 bits per heavy atom. The summed E-state index contributed by atoms with van der Waals surface area (Å²) in [6, 6.07) is 0. The molecule has 1 aliphatic carbocycles. The zero-order chi connectivity index (χ0) is 7.24. The topological polar surface area (TPSA) is 9.23 Å². The standard InChI is InChI=1S/C9H14O/c1-8-3-5-9(2,6-4-8)10-7-8/h3,5H,4,6-7H2,1-2H3. The van der Waals surface area contributed by atoms with E-state index in [0.29, 0.717) is 5.41 Å². The monoisotopic (exact) mass is 138 g/mol. The van der Waals surface area contributed by atoms with Gasteiger partial charge in [0.2, 0.25) is 0 Å². The van der Waals surface area contributed by atoms with Crippen molar-refractivity contribution in [2.45, 2.75) is 32.3 Å². The molecule has 3 aliphatic rings. The van der Waals surface area contributed by atoms with Crippen LogP contribution in [-0.4, -0.2) is 12.2 Å². The molecule has 0 N–H and O–H groups in total. The van der Waals surface area contributed by atoms with Crippen LogP contribution in [0.1, 0.15) is 26.7 Å². The third-order valence-electron chi connectivity index (χ3n) is 2.76. The van der Waals surface area contributed by atoms with E-state index in [1.54, 1.807) is 0 Å². The van der Waals surface area contributed by atoms with Crippen molar-refractivity contribution in [2.24, 2.45) is 5.41 Å². The summed E-state index contributed by atoms with van der Waals surface area (Å²) in [6.07, 6.45) is 7.03. The van der Waals surface area contributed by atoms with E-state index in [9.17, 15) is 0 Å². The predicted octanol–water partition coefficient (Wildman–Crippen LogP) is 2.13. The van der Waals surface area contributed by atoms with E-state index >= 15 is 0 Å². The first kappa shape index (κ1) is 6.41. The summed E-state index contributed by atoms with van der Waals surface area (Å²) < 4.78 is 5.68. The van der Waals surface area contributed by atoms with Crippen LogP contribution in [0.2, 0.25) is 0 Å². The van der Waals surface area contributed by atoms with E-state index in [2.05, 4.69) is 26.0 Å². The molecule has 2 heterocycles. The van der Waals surface area contributed by atoms with Gasteiger partial charge in [0.25, 0.3) is 0 Å². The molecule has 10 heavy (non-hydrogen) atoms. The van der Waals surface area contributed by atoms with Crippen molar-refractivity contribution >= 4 is 0 Å². The molecule has 0 aromatic rings. The summed E-state index contributed by atoms with van der Waals surface area (Å²) in [5.74, 6) is 0. The SMILES string of the molecule is CC12C=CC(C)(CC1)OC2. The highest BCUT2D eigenvalue weighted by atomic mass is 16.5. The van der Waals surface area contributed by atoms with E-state index in [1.807, 2.05) is 0 Å². The first-order valence-corrected chi connectivity index (χ1v) is 3.96. The summed E-state index contributed by atoms with van der Waals surface area (Å²) in [5.41, 5.74) is 0.440. The molecule has 2 aliphatic heterocycles. The molecule has 3 rings (SSSR count). The zero-order valence-electron chi connectivity index (χ0n) is 6.68. The number of rotatable bonds is 0. The molecular weight excluding hydrogens is 124 g/mol. The fourth-order valence-electron chi connectivity index (χ4n) is 1.65. The first-order chi connectivity index (χ1) is 4.62. The van der Waals surface area contributed by atoms with E-state index < -0.39 is 0 Å². The second-order valence-corrected chi connectivity index (χ2v) is 4.09. The summed E-state index contributed by atoms with van der Waals surface area (Å²) in [6.45, 7) is 5.35. The number of hydrogen-bond donors (Lipinski definition) is 0. The van der Waals surface area contributed by atoms with Crippen molar-refractivity contribution in [2.75, 3.05) is 6.61 Å². The highest BCUT2D eigenvalue weighted by molar-refractivity contribution is 5.15. The lowest BCUT2D eigenvalue weighted by Crippen LogP contribution is -2.43. The van der Waals surface area contributed by atoms with E-state index in [4.69, 9.17) is 4.74 Å². The van der Waals surface area contributed by atoms with Gasteiger partial charge in [0.15, 0.2) is 0 Å². The normalized spacial score (nSPS) is 51.8. The molecular formula is C9H14O. The predicted molar refractivity (Wildman–Crippen MR) is 40.8 cm³/mol. The molecule has 1 heteroatoms. The van der Waals surface area contributed by atoms with E-state index in [0.717, 1.165) is 6.61 Å². The Labute approximate surface area is 62.1 Å². The van der Waals surface area contributed by atoms with Gasteiger partial charge in [0, 0.05) is 5.41 Å². The van der Waals surface area contributed by atoms with Crippen LogP contribution < -0.4 is 0 Å². The van der Waals surface area contributed by atoms with Crippen LogP contribution >= 0.6 is 0 Å². The highest BCUT2D eigenvalue weighted by Crippen LogP contribution is 2.42. The van der Waals surface area contributed by atoms with Crippen LogP contribution in [0.5, 0.6) is 0 Å². The fraction of sp³-hybridized carbons (Fsp3) is 0.778. The molecule has 1 nitrogen and oxygen atoms in total. The van der Waals surface area contributed by atoms with Gasteiger partial charge in [-0.05, 0) is 19.8 Å². The van der Waals surface area contributed by atoms with Crippen molar-refractivity contribution in [3.8, 4) is 0 Å². The lowest BCUT2D eigenvalue weighted by molar-refractivity contribution is -0.0900. The molecule has 0 aromatic carbocycles. The van der Waals surface area contributed by atoms with Gasteiger partial charge >= 0.3 is 0 Å². The average Bonchev–Trinajstić information content (AvgIpc) is 1.93. The Morgan fingerprint density at radius 2 is 2.00 bits per heavy atom. The Bertz CT molecular complexity index is 153. The Hall–Kier alpha value is -0.300. The van der Waals surface area contributed by atoms with Crippen molar-refractivity contribution in [3.63, 3.8) is 0 Å². The molecule has 0 radical (unpaired) electrons. The van der Waals surface area contributed by atoms with Crippen LogP contribution in [0.25, 0.3) is 0 Å². The van der Waals surface area contributed by atoms with Crippen LogP contribution in [0.3, 0.4) is 0 Å². The van der Waals surface area contributed by atoms with Crippen LogP contribution in [0.4, 0.5) is 0 Å². The van der Waals surface area contributed by atoms with Gasteiger partial charge in [-0.15, -0.1) is 0 Å². The molecule has 0 saturated carbocycles. The Morgan fingerprint density at radius 3 is 2.30 bits per heavy atom. The van der Waals surface area contributed by atoms with Gasteiger partial charge < -0.3 is 4.74 Å². The number of ether oxygens (including phenoxy) is 1. The minimum atomic E-state index is 0.0811. The highest BCUT2D eigenvalue weighted by Gasteiger charge is 2.39. The minimum absolute atomic E-state index is 0.0811. The van der Waals surface area contributed by atoms with Crippen LogP contribution in [0.15, 0.2) is 12.2 Å². The molecule has 0 aromatic heterocycles. The molecule has 56 valence electrons. The first-order valence-electron chi connectivity index (χ1n) is 3.96. The maximum Gasteiger partial charge on any atom is 0.0835 e. The maximum absolute atomic E-state index is 5.68. The second kappa shape index (κ2) is 1.65. The molecule has 2 unspecified atom stereocenters. The lowest BCUT2D eigenvalue weighted by atomic mass is 9.73. The van der Waals surface area contributed by atoms with Gasteiger partial charge in [-0.2, -0.15) is 0 Å².